The topological polar surface area (TPSA) is 34.8 Å². The number of benzene rings is 7. The van der Waals surface area contributed by atoms with E-state index in [0.717, 1.165) is 84.3 Å². The molecule has 0 unspecified atom stereocenters. The quantitative estimate of drug-likeness (QED) is 0.200. The fourth-order valence-corrected chi connectivity index (χ4v) is 7.71. The predicted molar refractivity (Wildman–Crippen MR) is 187 cm³/mol. The molecule has 7 aromatic carbocycles. The number of nitrogens with zero attached hydrogens (tertiary/aromatic N) is 1. The number of fused-ring (bicyclic) bond motifs is 7. The Hall–Kier alpha value is -6.26. The van der Waals surface area contributed by atoms with Crippen LogP contribution in [0, 0.1) is 0 Å². The van der Waals surface area contributed by atoms with Crippen molar-refractivity contribution in [1.82, 2.24) is 0 Å². The van der Waals surface area contributed by atoms with Crippen molar-refractivity contribution in [3.63, 3.8) is 0 Å². The number of ether oxygens (including phenoxy) is 2. The van der Waals surface area contributed by atoms with Crippen LogP contribution in [-0.4, -0.2) is 0 Å². The molecule has 0 saturated heterocycles. The maximum atomic E-state index is 6.87. The van der Waals surface area contributed by atoms with Crippen molar-refractivity contribution in [2.75, 3.05) is 4.90 Å². The summed E-state index contributed by atoms with van der Waals surface area (Å²) in [6.45, 7) is 0. The molecule has 1 aromatic heterocycles. The molecule has 0 bridgehead atoms. The molecule has 8 aromatic rings. The van der Waals surface area contributed by atoms with Crippen molar-refractivity contribution < 1.29 is 13.9 Å². The third-order valence-corrected chi connectivity index (χ3v) is 9.55. The molecule has 222 valence electrons. The molecular formula is C43H27NO3. The van der Waals surface area contributed by atoms with Crippen molar-refractivity contribution in [3.8, 4) is 23.0 Å². The Morgan fingerprint density at radius 2 is 1.02 bits per heavy atom. The summed E-state index contributed by atoms with van der Waals surface area (Å²) in [5.41, 5.74) is 8.36. The van der Waals surface area contributed by atoms with Gasteiger partial charge in [0.1, 0.15) is 34.2 Å². The van der Waals surface area contributed by atoms with E-state index in [9.17, 15) is 0 Å². The standard InChI is InChI=1S/C43H27NO3/c1-3-14-28(15-4-1)43-32-19-8-11-23-36(32)46-39-26-30(27-40(42(39)43)47-37-24-12-9-20-33(37)43)44(29-16-5-2-6-17-29)34-21-13-25-38-41(34)31-18-7-10-22-35(31)45-38/h1-27H. The second kappa shape index (κ2) is 9.87. The summed E-state index contributed by atoms with van der Waals surface area (Å²) in [5, 5.41) is 2.12. The normalized spacial score (nSPS) is 13.6. The third kappa shape index (κ3) is 3.64. The monoisotopic (exact) mass is 605 g/mol. The molecule has 10 rings (SSSR count). The van der Waals surface area contributed by atoms with Gasteiger partial charge in [-0.15, -0.1) is 0 Å². The number of hydrogen-bond donors (Lipinski definition) is 0. The van der Waals surface area contributed by atoms with Gasteiger partial charge in [0.2, 0.25) is 0 Å². The lowest BCUT2D eigenvalue weighted by atomic mass is 9.62. The van der Waals surface area contributed by atoms with Gasteiger partial charge in [-0.3, -0.25) is 0 Å². The van der Waals surface area contributed by atoms with Crippen molar-refractivity contribution in [1.29, 1.82) is 0 Å². The Kier molecular flexibility index (Phi) is 5.46. The van der Waals surface area contributed by atoms with E-state index >= 15 is 0 Å². The van der Waals surface area contributed by atoms with Crippen molar-refractivity contribution in [2.24, 2.45) is 0 Å². The maximum Gasteiger partial charge on any atom is 0.138 e. The van der Waals surface area contributed by atoms with E-state index in [1.807, 2.05) is 36.4 Å². The summed E-state index contributed by atoms with van der Waals surface area (Å²) >= 11 is 0. The van der Waals surface area contributed by atoms with E-state index in [1.54, 1.807) is 0 Å². The minimum atomic E-state index is -0.632. The van der Waals surface area contributed by atoms with Gasteiger partial charge in [0.05, 0.1) is 27.7 Å². The van der Waals surface area contributed by atoms with Gasteiger partial charge >= 0.3 is 0 Å². The van der Waals surface area contributed by atoms with Crippen LogP contribution >= 0.6 is 0 Å². The highest BCUT2D eigenvalue weighted by Crippen LogP contribution is 2.63. The van der Waals surface area contributed by atoms with Crippen LogP contribution in [-0.2, 0) is 5.41 Å². The van der Waals surface area contributed by atoms with E-state index in [0.29, 0.717) is 0 Å². The van der Waals surface area contributed by atoms with E-state index in [4.69, 9.17) is 13.9 Å². The fourth-order valence-electron chi connectivity index (χ4n) is 7.71. The first-order valence-corrected chi connectivity index (χ1v) is 15.8. The Labute approximate surface area is 271 Å². The summed E-state index contributed by atoms with van der Waals surface area (Å²) in [4.78, 5) is 2.28. The van der Waals surface area contributed by atoms with Gasteiger partial charge in [0.15, 0.2) is 0 Å². The molecule has 4 nitrogen and oxygen atoms in total. The molecule has 3 heterocycles. The van der Waals surface area contributed by atoms with Gasteiger partial charge in [0.25, 0.3) is 0 Å². The zero-order valence-electron chi connectivity index (χ0n) is 25.3. The zero-order valence-corrected chi connectivity index (χ0v) is 25.3. The van der Waals surface area contributed by atoms with Crippen LogP contribution in [0.3, 0.4) is 0 Å². The summed E-state index contributed by atoms with van der Waals surface area (Å²) < 4.78 is 20.1. The molecule has 0 amide bonds. The smallest absolute Gasteiger partial charge is 0.138 e. The number of rotatable bonds is 4. The van der Waals surface area contributed by atoms with Gasteiger partial charge < -0.3 is 18.8 Å². The minimum absolute atomic E-state index is 0.632. The molecular weight excluding hydrogens is 578 g/mol. The van der Waals surface area contributed by atoms with E-state index in [1.165, 1.54) is 0 Å². The molecule has 0 aliphatic carbocycles. The molecule has 2 aliphatic heterocycles. The van der Waals surface area contributed by atoms with Gasteiger partial charge in [-0.1, -0.05) is 109 Å². The van der Waals surface area contributed by atoms with Crippen LogP contribution in [0.15, 0.2) is 168 Å². The zero-order chi connectivity index (χ0) is 31.0. The molecule has 0 saturated carbocycles. The van der Waals surface area contributed by atoms with Crippen LogP contribution in [0.1, 0.15) is 22.3 Å². The van der Waals surface area contributed by atoms with Crippen LogP contribution in [0.5, 0.6) is 23.0 Å². The molecule has 0 N–H and O–H groups in total. The highest BCUT2D eigenvalue weighted by atomic mass is 16.5. The molecule has 0 fully saturated rings. The Balaban J connectivity index is 1.30. The fraction of sp³-hybridized carbons (Fsp3) is 0.0233. The second-order valence-corrected chi connectivity index (χ2v) is 12.0. The predicted octanol–water partition coefficient (Wildman–Crippen LogP) is 11.6. The third-order valence-electron chi connectivity index (χ3n) is 9.55. The van der Waals surface area contributed by atoms with E-state index in [-0.39, 0.29) is 0 Å². The van der Waals surface area contributed by atoms with Crippen molar-refractivity contribution in [3.05, 3.63) is 186 Å². The maximum absolute atomic E-state index is 6.87. The van der Waals surface area contributed by atoms with Gasteiger partial charge in [-0.05, 0) is 48.0 Å². The summed E-state index contributed by atoms with van der Waals surface area (Å²) in [6.07, 6.45) is 0. The number of furan rings is 1. The Morgan fingerprint density at radius 1 is 0.447 bits per heavy atom. The number of para-hydroxylation sites is 4. The van der Waals surface area contributed by atoms with Gasteiger partial charge in [-0.25, -0.2) is 0 Å². The van der Waals surface area contributed by atoms with Crippen LogP contribution in [0.4, 0.5) is 17.1 Å². The minimum Gasteiger partial charge on any atom is -0.456 e. The van der Waals surface area contributed by atoms with Gasteiger partial charge in [0, 0.05) is 34.3 Å². The molecule has 47 heavy (non-hydrogen) atoms. The first kappa shape index (κ1) is 26.0. The molecule has 2 aliphatic rings. The second-order valence-electron chi connectivity index (χ2n) is 12.0. The SMILES string of the molecule is c1ccc(N(c2cc3c4c(c2)Oc2ccccc2C4(c2ccccc2)c2ccccc2O3)c2cccc3oc4ccccc4c23)cc1. The summed E-state index contributed by atoms with van der Waals surface area (Å²) in [7, 11) is 0. The molecule has 4 heteroatoms. The number of hydrogen-bond acceptors (Lipinski definition) is 4. The highest BCUT2D eigenvalue weighted by molar-refractivity contribution is 6.13. The summed E-state index contributed by atoms with van der Waals surface area (Å²) in [6, 6.07) is 56.7. The first-order valence-electron chi connectivity index (χ1n) is 15.8. The average Bonchev–Trinajstić information content (AvgIpc) is 3.52. The Bertz CT molecular complexity index is 2410. The lowest BCUT2D eigenvalue weighted by Crippen LogP contribution is -2.37. The lowest BCUT2D eigenvalue weighted by Gasteiger charge is -2.45. The largest absolute Gasteiger partial charge is 0.456 e. The van der Waals surface area contributed by atoms with E-state index in [2.05, 4.69) is 132 Å². The molecule has 0 spiro atoms. The van der Waals surface area contributed by atoms with Crippen molar-refractivity contribution >= 4 is 39.0 Å². The summed E-state index contributed by atoms with van der Waals surface area (Å²) in [5.74, 6) is 3.19. The van der Waals surface area contributed by atoms with E-state index < -0.39 is 5.41 Å². The average molecular weight is 606 g/mol. The number of anilines is 3. The van der Waals surface area contributed by atoms with Crippen molar-refractivity contribution in [2.45, 2.75) is 5.41 Å². The highest BCUT2D eigenvalue weighted by Gasteiger charge is 2.51. The van der Waals surface area contributed by atoms with Gasteiger partial charge in [-0.2, -0.15) is 0 Å². The van der Waals surface area contributed by atoms with Crippen LogP contribution < -0.4 is 14.4 Å². The molecule has 0 atom stereocenters. The Morgan fingerprint density at radius 3 is 1.72 bits per heavy atom. The lowest BCUT2D eigenvalue weighted by molar-refractivity contribution is 0.385. The van der Waals surface area contributed by atoms with Crippen LogP contribution in [0.2, 0.25) is 0 Å². The van der Waals surface area contributed by atoms with Crippen LogP contribution in [0.25, 0.3) is 21.9 Å². The first-order chi connectivity index (χ1) is 23.3. The molecule has 0 radical (unpaired) electrons.